The predicted octanol–water partition coefficient (Wildman–Crippen LogP) is 3.76. The standard InChI is InChI=1S/C18H27NO5/c1-6-12(2)11-23-14-9-7-13(8-10-14)15(16(20)21)19-17(22)24-18(3,4)5/h7-10,12,15H,6,11H2,1-5H3,(H,19,22)(H,20,21)/t12-,15?/m0/s1. The molecule has 0 aromatic heterocycles. The van der Waals surface area contributed by atoms with Crippen molar-refractivity contribution in [1.29, 1.82) is 0 Å². The molecule has 1 unspecified atom stereocenters. The van der Waals surface area contributed by atoms with Crippen LogP contribution in [0.1, 0.15) is 52.6 Å². The van der Waals surface area contributed by atoms with Crippen molar-refractivity contribution < 1.29 is 24.2 Å². The van der Waals surface area contributed by atoms with Crippen LogP contribution >= 0.6 is 0 Å². The average Bonchev–Trinajstić information content (AvgIpc) is 2.49. The number of carboxylic acids is 1. The fourth-order valence-corrected chi connectivity index (χ4v) is 1.83. The summed E-state index contributed by atoms with van der Waals surface area (Å²) in [5.41, 5.74) is -0.245. The van der Waals surface area contributed by atoms with Crippen LogP contribution in [0.4, 0.5) is 4.79 Å². The first-order valence-corrected chi connectivity index (χ1v) is 8.07. The predicted molar refractivity (Wildman–Crippen MR) is 91.1 cm³/mol. The van der Waals surface area contributed by atoms with E-state index in [4.69, 9.17) is 9.47 Å². The van der Waals surface area contributed by atoms with Gasteiger partial charge in [-0.1, -0.05) is 32.4 Å². The zero-order valence-electron chi connectivity index (χ0n) is 15.0. The summed E-state index contributed by atoms with van der Waals surface area (Å²) in [4.78, 5) is 23.2. The van der Waals surface area contributed by atoms with Crippen molar-refractivity contribution >= 4 is 12.1 Å². The van der Waals surface area contributed by atoms with E-state index in [1.807, 2.05) is 0 Å². The van der Waals surface area contributed by atoms with Gasteiger partial charge in [-0.15, -0.1) is 0 Å². The summed E-state index contributed by atoms with van der Waals surface area (Å²) in [6.07, 6.45) is 0.255. The zero-order chi connectivity index (χ0) is 18.3. The van der Waals surface area contributed by atoms with E-state index in [1.54, 1.807) is 45.0 Å². The molecule has 24 heavy (non-hydrogen) atoms. The Labute approximate surface area is 143 Å². The summed E-state index contributed by atoms with van der Waals surface area (Å²) in [5.74, 6) is -0.0418. The molecule has 0 aliphatic heterocycles. The van der Waals surface area contributed by atoms with Crippen molar-refractivity contribution in [2.45, 2.75) is 52.7 Å². The molecule has 0 saturated carbocycles. The molecule has 134 valence electrons. The Bertz CT molecular complexity index is 548. The van der Waals surface area contributed by atoms with Crippen molar-refractivity contribution in [1.82, 2.24) is 5.32 Å². The lowest BCUT2D eigenvalue weighted by molar-refractivity contribution is -0.139. The van der Waals surface area contributed by atoms with Crippen molar-refractivity contribution in [3.05, 3.63) is 29.8 Å². The van der Waals surface area contributed by atoms with Crippen LogP contribution in [0.5, 0.6) is 5.75 Å². The highest BCUT2D eigenvalue weighted by atomic mass is 16.6. The SMILES string of the molecule is CC[C@H](C)COc1ccc(C(NC(=O)OC(C)(C)C)C(=O)O)cc1. The summed E-state index contributed by atoms with van der Waals surface area (Å²) in [6, 6.07) is 5.47. The highest BCUT2D eigenvalue weighted by Crippen LogP contribution is 2.20. The second-order valence-electron chi connectivity index (χ2n) is 6.81. The summed E-state index contributed by atoms with van der Waals surface area (Å²) >= 11 is 0. The van der Waals surface area contributed by atoms with Gasteiger partial charge in [0, 0.05) is 0 Å². The molecule has 0 aliphatic carbocycles. The number of nitrogens with one attached hydrogen (secondary N) is 1. The van der Waals surface area contributed by atoms with Crippen LogP contribution in [0, 0.1) is 5.92 Å². The van der Waals surface area contributed by atoms with Gasteiger partial charge in [0.2, 0.25) is 0 Å². The van der Waals surface area contributed by atoms with E-state index < -0.39 is 23.7 Å². The fraction of sp³-hybridized carbons (Fsp3) is 0.556. The molecule has 0 saturated heterocycles. The van der Waals surface area contributed by atoms with Crippen molar-refractivity contribution in [3.63, 3.8) is 0 Å². The Morgan fingerprint density at radius 1 is 1.21 bits per heavy atom. The number of rotatable bonds is 7. The van der Waals surface area contributed by atoms with Crippen LogP contribution in [0.15, 0.2) is 24.3 Å². The number of alkyl carbamates (subject to hydrolysis) is 1. The first-order valence-electron chi connectivity index (χ1n) is 8.07. The minimum absolute atomic E-state index is 0.448. The molecule has 0 heterocycles. The lowest BCUT2D eigenvalue weighted by atomic mass is 10.1. The number of amides is 1. The van der Waals surface area contributed by atoms with Crippen molar-refractivity contribution in [2.24, 2.45) is 5.92 Å². The highest BCUT2D eigenvalue weighted by Gasteiger charge is 2.25. The number of carbonyl (C=O) groups excluding carboxylic acids is 1. The third kappa shape index (κ3) is 6.89. The molecule has 2 atom stereocenters. The molecule has 0 fully saturated rings. The summed E-state index contributed by atoms with van der Waals surface area (Å²) in [6.45, 7) is 9.94. The minimum Gasteiger partial charge on any atom is -0.493 e. The largest absolute Gasteiger partial charge is 0.493 e. The van der Waals surface area contributed by atoms with Gasteiger partial charge in [-0.2, -0.15) is 0 Å². The summed E-state index contributed by atoms with van der Waals surface area (Å²) in [7, 11) is 0. The van der Waals surface area contributed by atoms with E-state index in [2.05, 4.69) is 19.2 Å². The Morgan fingerprint density at radius 3 is 2.25 bits per heavy atom. The molecule has 1 aromatic rings. The third-order valence-corrected chi connectivity index (χ3v) is 3.35. The molecular weight excluding hydrogens is 310 g/mol. The van der Waals surface area contributed by atoms with E-state index in [1.165, 1.54) is 0 Å². The monoisotopic (exact) mass is 337 g/mol. The quantitative estimate of drug-likeness (QED) is 0.791. The maximum Gasteiger partial charge on any atom is 0.408 e. The topological polar surface area (TPSA) is 84.9 Å². The lowest BCUT2D eigenvalue weighted by Gasteiger charge is -2.22. The second-order valence-corrected chi connectivity index (χ2v) is 6.81. The van der Waals surface area contributed by atoms with Crippen molar-refractivity contribution in [2.75, 3.05) is 6.61 Å². The van der Waals surface area contributed by atoms with Gasteiger partial charge >= 0.3 is 12.1 Å². The van der Waals surface area contributed by atoms with Crippen LogP contribution in [-0.4, -0.2) is 29.4 Å². The van der Waals surface area contributed by atoms with E-state index in [0.29, 0.717) is 23.8 Å². The van der Waals surface area contributed by atoms with Crippen LogP contribution in [0.25, 0.3) is 0 Å². The fourth-order valence-electron chi connectivity index (χ4n) is 1.83. The number of hydrogen-bond donors (Lipinski definition) is 2. The Morgan fingerprint density at radius 2 is 1.79 bits per heavy atom. The Kier molecular flexibility index (Phi) is 7.07. The van der Waals surface area contributed by atoms with Gasteiger partial charge < -0.3 is 19.9 Å². The number of carboxylic acid groups (broad SMARTS) is 1. The molecule has 0 radical (unpaired) electrons. The maximum atomic E-state index is 11.8. The van der Waals surface area contributed by atoms with Crippen LogP contribution in [-0.2, 0) is 9.53 Å². The van der Waals surface area contributed by atoms with Gasteiger partial charge in [-0.3, -0.25) is 0 Å². The molecule has 1 aromatic carbocycles. The van der Waals surface area contributed by atoms with E-state index >= 15 is 0 Å². The average molecular weight is 337 g/mol. The van der Waals surface area contributed by atoms with E-state index in [9.17, 15) is 14.7 Å². The molecular formula is C18H27NO5. The Balaban J connectivity index is 2.75. The molecule has 0 bridgehead atoms. The third-order valence-electron chi connectivity index (χ3n) is 3.35. The summed E-state index contributed by atoms with van der Waals surface area (Å²) < 4.78 is 10.7. The van der Waals surface area contributed by atoms with Crippen LogP contribution < -0.4 is 10.1 Å². The Hall–Kier alpha value is -2.24. The van der Waals surface area contributed by atoms with Gasteiger partial charge in [0.25, 0.3) is 0 Å². The highest BCUT2D eigenvalue weighted by molar-refractivity contribution is 5.81. The summed E-state index contributed by atoms with van der Waals surface area (Å²) in [5, 5.41) is 11.7. The van der Waals surface area contributed by atoms with Gasteiger partial charge in [0.15, 0.2) is 6.04 Å². The van der Waals surface area contributed by atoms with Gasteiger partial charge in [0.05, 0.1) is 6.61 Å². The molecule has 0 spiro atoms. The molecule has 6 heteroatoms. The van der Waals surface area contributed by atoms with Crippen molar-refractivity contribution in [3.8, 4) is 5.75 Å². The van der Waals surface area contributed by atoms with Gasteiger partial charge in [-0.05, 0) is 44.4 Å². The lowest BCUT2D eigenvalue weighted by Crippen LogP contribution is -2.38. The number of carbonyl (C=O) groups is 2. The molecule has 1 amide bonds. The smallest absolute Gasteiger partial charge is 0.408 e. The zero-order valence-corrected chi connectivity index (χ0v) is 15.0. The number of hydrogen-bond acceptors (Lipinski definition) is 4. The number of aliphatic carboxylic acids is 1. The van der Waals surface area contributed by atoms with E-state index in [0.717, 1.165) is 6.42 Å². The second kappa shape index (κ2) is 8.57. The molecule has 6 nitrogen and oxygen atoms in total. The van der Waals surface area contributed by atoms with E-state index in [-0.39, 0.29) is 0 Å². The number of benzene rings is 1. The first-order chi connectivity index (χ1) is 11.1. The minimum atomic E-state index is -1.18. The van der Waals surface area contributed by atoms with Crippen LogP contribution in [0.2, 0.25) is 0 Å². The molecule has 0 aliphatic rings. The maximum absolute atomic E-state index is 11.8. The van der Waals surface area contributed by atoms with Crippen LogP contribution in [0.3, 0.4) is 0 Å². The molecule has 2 N–H and O–H groups in total. The number of ether oxygens (including phenoxy) is 2. The van der Waals surface area contributed by atoms with Gasteiger partial charge in [0.1, 0.15) is 11.4 Å². The van der Waals surface area contributed by atoms with Gasteiger partial charge in [-0.25, -0.2) is 9.59 Å². The molecule has 1 rings (SSSR count). The first kappa shape index (κ1) is 19.8. The normalized spacial score (nSPS) is 13.7.